The van der Waals surface area contributed by atoms with Crippen LogP contribution in [0.2, 0.25) is 0 Å². The minimum atomic E-state index is -3.69. The fraction of sp³-hybridized carbons (Fsp3) is 0.304. The molecule has 1 heterocycles. The quantitative estimate of drug-likeness (QED) is 0.272. The van der Waals surface area contributed by atoms with Gasteiger partial charge in [0.15, 0.2) is 9.84 Å². The first-order valence-corrected chi connectivity index (χ1v) is 12.4. The Kier molecular flexibility index (Phi) is 7.59. The van der Waals surface area contributed by atoms with E-state index < -0.39 is 26.4 Å². The van der Waals surface area contributed by atoms with E-state index in [1.54, 1.807) is 7.05 Å². The van der Waals surface area contributed by atoms with Crippen molar-refractivity contribution in [1.29, 1.82) is 0 Å². The SMILES string of the molecule is CN(CCCCCc1cc(-c2ccccc2)n[nH]1)C(=O)c1cc([N+](=O)[O-])cc(S(C)(=O)=O)c1. The highest BCUT2D eigenvalue weighted by atomic mass is 32.2. The molecule has 0 aliphatic heterocycles. The normalized spacial score (nSPS) is 11.3. The van der Waals surface area contributed by atoms with Gasteiger partial charge in [0.05, 0.1) is 15.5 Å². The highest BCUT2D eigenvalue weighted by molar-refractivity contribution is 7.90. The number of carbonyl (C=O) groups excluding carboxylic acids is 1. The summed E-state index contributed by atoms with van der Waals surface area (Å²) in [4.78, 5) is 24.4. The molecule has 0 radical (unpaired) electrons. The zero-order chi connectivity index (χ0) is 24.0. The highest BCUT2D eigenvalue weighted by Crippen LogP contribution is 2.22. The minimum Gasteiger partial charge on any atom is -0.342 e. The van der Waals surface area contributed by atoms with E-state index >= 15 is 0 Å². The van der Waals surface area contributed by atoms with Gasteiger partial charge in [0.2, 0.25) is 0 Å². The number of nitro groups is 1. The fourth-order valence-corrected chi connectivity index (χ4v) is 4.11. The standard InChI is InChI=1S/C23H26N4O5S/c1-26(23(28)18-13-20(27(29)30)16-21(14-18)33(2,31)32)12-8-4-7-11-19-15-22(25-24-19)17-9-5-3-6-10-17/h3,5-6,9-10,13-16H,4,7-8,11-12H2,1-2H3,(H,24,25). The summed E-state index contributed by atoms with van der Waals surface area (Å²) in [6.45, 7) is 0.452. The Morgan fingerprint density at radius 1 is 1.09 bits per heavy atom. The number of nitro benzene ring substituents is 1. The maximum absolute atomic E-state index is 12.7. The third-order valence-electron chi connectivity index (χ3n) is 5.26. The molecule has 174 valence electrons. The average Bonchev–Trinajstić information content (AvgIpc) is 3.27. The van der Waals surface area contributed by atoms with Crippen LogP contribution >= 0.6 is 0 Å². The molecule has 9 nitrogen and oxygen atoms in total. The number of rotatable bonds is 10. The number of aromatic nitrogens is 2. The molecule has 0 unspecified atom stereocenters. The Hall–Kier alpha value is -3.53. The maximum Gasteiger partial charge on any atom is 0.271 e. The van der Waals surface area contributed by atoms with Crippen LogP contribution in [0.1, 0.15) is 35.3 Å². The third kappa shape index (κ3) is 6.48. The van der Waals surface area contributed by atoms with Crippen molar-refractivity contribution in [3.05, 3.63) is 76.0 Å². The third-order valence-corrected chi connectivity index (χ3v) is 6.36. The molecule has 0 bridgehead atoms. The van der Waals surface area contributed by atoms with Gasteiger partial charge in [0, 0.05) is 48.8 Å². The first kappa shape index (κ1) is 24.1. The van der Waals surface area contributed by atoms with Crippen molar-refractivity contribution in [2.75, 3.05) is 19.8 Å². The topological polar surface area (TPSA) is 126 Å². The Morgan fingerprint density at radius 3 is 2.48 bits per heavy atom. The molecule has 0 saturated heterocycles. The number of unbranched alkanes of at least 4 members (excludes halogenated alkanes) is 2. The minimum absolute atomic E-state index is 0.0157. The molecule has 2 aromatic carbocycles. The number of hydrogen-bond donors (Lipinski definition) is 1. The number of nitrogens with one attached hydrogen (secondary N) is 1. The van der Waals surface area contributed by atoms with Crippen LogP contribution < -0.4 is 0 Å². The molecule has 0 aliphatic carbocycles. The van der Waals surface area contributed by atoms with Gasteiger partial charge in [-0.1, -0.05) is 36.8 Å². The molecule has 0 spiro atoms. The molecule has 0 fully saturated rings. The first-order chi connectivity index (χ1) is 15.6. The van der Waals surface area contributed by atoms with Gasteiger partial charge < -0.3 is 4.90 Å². The molecular weight excluding hydrogens is 444 g/mol. The van der Waals surface area contributed by atoms with E-state index in [0.29, 0.717) is 6.54 Å². The van der Waals surface area contributed by atoms with Crippen LogP contribution in [0.25, 0.3) is 11.3 Å². The van der Waals surface area contributed by atoms with Crippen molar-refractivity contribution in [3.8, 4) is 11.3 Å². The lowest BCUT2D eigenvalue weighted by Gasteiger charge is -2.17. The smallest absolute Gasteiger partial charge is 0.271 e. The Bertz CT molecular complexity index is 1240. The van der Waals surface area contributed by atoms with Crippen molar-refractivity contribution in [2.45, 2.75) is 30.6 Å². The second-order valence-electron chi connectivity index (χ2n) is 7.93. The molecule has 10 heteroatoms. The molecular formula is C23H26N4O5S. The van der Waals surface area contributed by atoms with E-state index in [-0.39, 0.29) is 10.5 Å². The summed E-state index contributed by atoms with van der Waals surface area (Å²) >= 11 is 0. The highest BCUT2D eigenvalue weighted by Gasteiger charge is 2.21. The van der Waals surface area contributed by atoms with Gasteiger partial charge in [0.1, 0.15) is 0 Å². The van der Waals surface area contributed by atoms with Crippen molar-refractivity contribution < 1.29 is 18.1 Å². The van der Waals surface area contributed by atoms with Gasteiger partial charge in [-0.15, -0.1) is 0 Å². The van der Waals surface area contributed by atoms with Crippen LogP contribution in [0, 0.1) is 10.1 Å². The fourth-order valence-electron chi connectivity index (χ4n) is 3.44. The van der Waals surface area contributed by atoms with Crippen molar-refractivity contribution in [1.82, 2.24) is 15.1 Å². The van der Waals surface area contributed by atoms with E-state index in [4.69, 9.17) is 0 Å². The van der Waals surface area contributed by atoms with Crippen molar-refractivity contribution >= 4 is 21.4 Å². The Balaban J connectivity index is 1.51. The second-order valence-corrected chi connectivity index (χ2v) is 9.94. The van der Waals surface area contributed by atoms with E-state index in [1.807, 2.05) is 36.4 Å². The number of aromatic amines is 1. The Morgan fingerprint density at radius 2 is 1.82 bits per heavy atom. The lowest BCUT2D eigenvalue weighted by Crippen LogP contribution is -2.28. The second kappa shape index (κ2) is 10.4. The Labute approximate surface area is 192 Å². The number of H-pyrrole nitrogens is 1. The maximum atomic E-state index is 12.7. The summed E-state index contributed by atoms with van der Waals surface area (Å²) in [5.41, 5.74) is 2.56. The predicted molar refractivity (Wildman–Crippen MR) is 125 cm³/mol. The van der Waals surface area contributed by atoms with Gasteiger partial charge in [-0.05, 0) is 31.4 Å². The van der Waals surface area contributed by atoms with Gasteiger partial charge in [-0.25, -0.2) is 8.42 Å². The van der Waals surface area contributed by atoms with Gasteiger partial charge in [0.25, 0.3) is 11.6 Å². The number of hydrogen-bond acceptors (Lipinski definition) is 6. The number of amides is 1. The summed E-state index contributed by atoms with van der Waals surface area (Å²) in [6.07, 6.45) is 4.32. The zero-order valence-corrected chi connectivity index (χ0v) is 19.3. The molecule has 0 saturated carbocycles. The van der Waals surface area contributed by atoms with Gasteiger partial charge in [-0.2, -0.15) is 5.10 Å². The molecule has 3 rings (SSSR count). The van der Waals surface area contributed by atoms with Crippen LogP contribution in [-0.2, 0) is 16.3 Å². The number of sulfone groups is 1. The molecule has 0 atom stereocenters. The van der Waals surface area contributed by atoms with Crippen LogP contribution in [0.3, 0.4) is 0 Å². The van der Waals surface area contributed by atoms with Crippen LogP contribution in [0.15, 0.2) is 59.5 Å². The molecule has 1 amide bonds. The van der Waals surface area contributed by atoms with Crippen LogP contribution in [0.5, 0.6) is 0 Å². The molecule has 0 aliphatic rings. The zero-order valence-electron chi connectivity index (χ0n) is 18.5. The summed E-state index contributed by atoms with van der Waals surface area (Å²) in [5, 5.41) is 18.5. The number of aryl methyl sites for hydroxylation is 1. The largest absolute Gasteiger partial charge is 0.342 e. The summed E-state index contributed by atoms with van der Waals surface area (Å²) in [5.74, 6) is -0.454. The van der Waals surface area contributed by atoms with Gasteiger partial charge in [-0.3, -0.25) is 20.0 Å². The summed E-state index contributed by atoms with van der Waals surface area (Å²) in [6, 6.07) is 15.2. The molecule has 1 N–H and O–H groups in total. The van der Waals surface area contributed by atoms with E-state index in [2.05, 4.69) is 10.2 Å². The molecule has 33 heavy (non-hydrogen) atoms. The number of nitrogens with zero attached hydrogens (tertiary/aromatic N) is 3. The van der Waals surface area contributed by atoms with E-state index in [9.17, 15) is 23.3 Å². The van der Waals surface area contributed by atoms with E-state index in [0.717, 1.165) is 61.0 Å². The first-order valence-electron chi connectivity index (χ1n) is 10.5. The average molecular weight is 471 g/mol. The predicted octanol–water partition coefficient (Wildman–Crippen LogP) is 3.87. The molecule has 1 aromatic heterocycles. The van der Waals surface area contributed by atoms with E-state index in [1.165, 1.54) is 11.0 Å². The van der Waals surface area contributed by atoms with Crippen LogP contribution in [0.4, 0.5) is 5.69 Å². The van der Waals surface area contributed by atoms with Crippen molar-refractivity contribution in [3.63, 3.8) is 0 Å². The van der Waals surface area contributed by atoms with Gasteiger partial charge >= 0.3 is 0 Å². The molecule has 3 aromatic rings. The number of benzene rings is 2. The lowest BCUT2D eigenvalue weighted by atomic mass is 10.1. The van der Waals surface area contributed by atoms with Crippen molar-refractivity contribution in [2.24, 2.45) is 0 Å². The summed E-state index contributed by atoms with van der Waals surface area (Å²) < 4.78 is 23.7. The number of non-ortho nitro benzene ring substituents is 1. The summed E-state index contributed by atoms with van der Waals surface area (Å²) in [7, 11) is -2.09. The number of carbonyl (C=O) groups is 1. The lowest BCUT2D eigenvalue weighted by molar-refractivity contribution is -0.385. The van der Waals surface area contributed by atoms with Crippen LogP contribution in [-0.4, -0.2) is 54.2 Å². The monoisotopic (exact) mass is 470 g/mol.